The van der Waals surface area contributed by atoms with Crippen LogP contribution in [0.15, 0.2) is 60.2 Å². The normalized spacial score (nSPS) is 27.0. The molecule has 3 nitrogen and oxygen atoms in total. The number of nitrogens with zero attached hydrogens (tertiary/aromatic N) is 1. The lowest BCUT2D eigenvalue weighted by Gasteiger charge is -2.35. The second-order valence-electron chi connectivity index (χ2n) is 8.75. The zero-order chi connectivity index (χ0) is 19.1. The predicted octanol–water partition coefficient (Wildman–Crippen LogP) is 4.34. The molecule has 2 aromatic rings. The third-order valence-corrected chi connectivity index (χ3v) is 7.17. The molecular weight excluding hydrogens is 346 g/mol. The van der Waals surface area contributed by atoms with Crippen LogP contribution in [-0.2, 0) is 23.1 Å². The molecule has 0 saturated heterocycles. The summed E-state index contributed by atoms with van der Waals surface area (Å²) in [6, 6.07) is 18.4. The van der Waals surface area contributed by atoms with Crippen LogP contribution < -0.4 is 0 Å². The SMILES string of the molecule is O=C(O)C1=CCCN(C2CC[C@@]3(Cc4ccccc4Cc4ccccc43)C2)C1. The summed E-state index contributed by atoms with van der Waals surface area (Å²) in [5.41, 5.74) is 6.70. The van der Waals surface area contributed by atoms with Gasteiger partial charge in [0, 0.05) is 30.1 Å². The van der Waals surface area contributed by atoms with Crippen molar-refractivity contribution in [3.63, 3.8) is 0 Å². The van der Waals surface area contributed by atoms with E-state index >= 15 is 0 Å². The number of carboxylic acid groups (broad SMARTS) is 1. The summed E-state index contributed by atoms with van der Waals surface area (Å²) in [7, 11) is 0. The van der Waals surface area contributed by atoms with Gasteiger partial charge in [0.15, 0.2) is 0 Å². The van der Waals surface area contributed by atoms with Gasteiger partial charge in [0.2, 0.25) is 0 Å². The van der Waals surface area contributed by atoms with E-state index in [1.165, 1.54) is 28.7 Å². The smallest absolute Gasteiger partial charge is 0.332 e. The van der Waals surface area contributed by atoms with Gasteiger partial charge in [-0.05, 0) is 60.8 Å². The lowest BCUT2D eigenvalue weighted by atomic mass is 9.73. The number of hydrogen-bond acceptors (Lipinski definition) is 2. The van der Waals surface area contributed by atoms with Crippen LogP contribution in [-0.4, -0.2) is 35.1 Å². The molecule has 1 unspecified atom stereocenters. The van der Waals surface area contributed by atoms with Crippen LogP contribution in [0, 0.1) is 0 Å². The molecule has 1 saturated carbocycles. The van der Waals surface area contributed by atoms with Gasteiger partial charge in [0.05, 0.1) is 0 Å². The number of fused-ring (bicyclic) bond motifs is 3. The molecule has 2 aromatic carbocycles. The largest absolute Gasteiger partial charge is 0.478 e. The molecule has 1 N–H and O–H groups in total. The highest BCUT2D eigenvalue weighted by molar-refractivity contribution is 5.87. The minimum Gasteiger partial charge on any atom is -0.478 e. The van der Waals surface area contributed by atoms with Crippen LogP contribution in [0.4, 0.5) is 0 Å². The van der Waals surface area contributed by atoms with E-state index in [1.54, 1.807) is 0 Å². The van der Waals surface area contributed by atoms with Crippen LogP contribution in [0.3, 0.4) is 0 Å². The van der Waals surface area contributed by atoms with Gasteiger partial charge in [0.25, 0.3) is 0 Å². The Labute approximate surface area is 166 Å². The fourth-order valence-electron chi connectivity index (χ4n) is 5.81. The Morgan fingerprint density at radius 3 is 2.61 bits per heavy atom. The minimum atomic E-state index is -0.758. The quantitative estimate of drug-likeness (QED) is 0.851. The van der Waals surface area contributed by atoms with Gasteiger partial charge in [-0.1, -0.05) is 54.6 Å². The third kappa shape index (κ3) is 2.98. The first-order valence-electron chi connectivity index (χ1n) is 10.5. The molecule has 5 rings (SSSR count). The molecule has 1 fully saturated rings. The molecule has 3 heteroatoms. The lowest BCUT2D eigenvalue weighted by Crippen LogP contribution is -2.40. The monoisotopic (exact) mass is 373 g/mol. The van der Waals surface area contributed by atoms with Gasteiger partial charge in [-0.25, -0.2) is 4.79 Å². The topological polar surface area (TPSA) is 40.5 Å². The van der Waals surface area contributed by atoms with Gasteiger partial charge in [-0.2, -0.15) is 0 Å². The first-order valence-corrected chi connectivity index (χ1v) is 10.5. The zero-order valence-electron chi connectivity index (χ0n) is 16.2. The van der Waals surface area contributed by atoms with Crippen molar-refractivity contribution < 1.29 is 9.90 Å². The summed E-state index contributed by atoms with van der Waals surface area (Å²) in [6.07, 6.45) is 8.35. The Bertz CT molecular complexity index is 947. The maximum Gasteiger partial charge on any atom is 0.332 e. The molecule has 0 aromatic heterocycles. The van der Waals surface area contributed by atoms with Gasteiger partial charge in [-0.3, -0.25) is 4.90 Å². The molecule has 0 radical (unpaired) electrons. The molecule has 3 aliphatic rings. The molecule has 28 heavy (non-hydrogen) atoms. The van der Waals surface area contributed by atoms with E-state index in [-0.39, 0.29) is 5.41 Å². The van der Waals surface area contributed by atoms with Crippen molar-refractivity contribution in [2.45, 2.75) is 50.0 Å². The molecule has 2 atom stereocenters. The molecule has 0 bridgehead atoms. The van der Waals surface area contributed by atoms with Gasteiger partial charge < -0.3 is 5.11 Å². The van der Waals surface area contributed by atoms with E-state index < -0.39 is 5.97 Å². The number of carbonyl (C=O) groups is 1. The van der Waals surface area contributed by atoms with Crippen molar-refractivity contribution in [3.8, 4) is 0 Å². The molecule has 1 heterocycles. The number of rotatable bonds is 2. The number of aliphatic carboxylic acids is 1. The van der Waals surface area contributed by atoms with Crippen molar-refractivity contribution in [1.29, 1.82) is 0 Å². The second-order valence-corrected chi connectivity index (χ2v) is 8.75. The molecule has 0 amide bonds. The number of hydrogen-bond donors (Lipinski definition) is 1. The van der Waals surface area contributed by atoms with E-state index in [9.17, 15) is 9.90 Å². The van der Waals surface area contributed by atoms with Crippen molar-refractivity contribution in [1.82, 2.24) is 4.90 Å². The highest BCUT2D eigenvalue weighted by Gasteiger charge is 2.45. The van der Waals surface area contributed by atoms with Crippen LogP contribution in [0.25, 0.3) is 0 Å². The molecule has 144 valence electrons. The first-order chi connectivity index (χ1) is 13.6. The molecular formula is C25H27NO2. The second kappa shape index (κ2) is 6.89. The van der Waals surface area contributed by atoms with E-state index in [4.69, 9.17) is 0 Å². The Morgan fingerprint density at radius 2 is 1.79 bits per heavy atom. The van der Waals surface area contributed by atoms with Gasteiger partial charge >= 0.3 is 5.97 Å². The van der Waals surface area contributed by atoms with E-state index in [0.717, 1.165) is 38.6 Å². The summed E-state index contributed by atoms with van der Waals surface area (Å²) in [5.74, 6) is -0.758. The van der Waals surface area contributed by atoms with Crippen molar-refractivity contribution >= 4 is 5.97 Å². The maximum absolute atomic E-state index is 11.5. The summed E-state index contributed by atoms with van der Waals surface area (Å²) >= 11 is 0. The number of benzene rings is 2. The Kier molecular flexibility index (Phi) is 4.36. The fraction of sp³-hybridized carbons (Fsp3) is 0.400. The Morgan fingerprint density at radius 1 is 1.04 bits per heavy atom. The van der Waals surface area contributed by atoms with Crippen molar-refractivity contribution in [2.24, 2.45) is 0 Å². The van der Waals surface area contributed by atoms with Crippen LogP contribution in [0.1, 0.15) is 47.9 Å². The zero-order valence-corrected chi connectivity index (χ0v) is 16.2. The summed E-state index contributed by atoms with van der Waals surface area (Å²) in [4.78, 5) is 13.9. The lowest BCUT2D eigenvalue weighted by molar-refractivity contribution is -0.133. The third-order valence-electron chi connectivity index (χ3n) is 7.17. The van der Waals surface area contributed by atoms with E-state index in [1.807, 2.05) is 6.08 Å². The van der Waals surface area contributed by atoms with Crippen molar-refractivity contribution in [3.05, 3.63) is 82.4 Å². The fourth-order valence-corrected chi connectivity index (χ4v) is 5.81. The Balaban J connectivity index is 1.48. The maximum atomic E-state index is 11.5. The van der Waals surface area contributed by atoms with Crippen LogP contribution in [0.2, 0.25) is 0 Å². The van der Waals surface area contributed by atoms with E-state index in [0.29, 0.717) is 18.2 Å². The predicted molar refractivity (Wildman–Crippen MR) is 111 cm³/mol. The van der Waals surface area contributed by atoms with Crippen LogP contribution >= 0.6 is 0 Å². The standard InChI is InChI=1S/C25H27NO2/c27-24(28)21-9-5-13-26(17-21)22-11-12-25(16-22)15-20-8-2-1-6-18(20)14-19-7-3-4-10-23(19)25/h1-4,6-10,22H,5,11-17H2,(H,27,28)/t22?,25-/m1/s1. The molecule has 1 spiro atoms. The van der Waals surface area contributed by atoms with Crippen LogP contribution in [0.5, 0.6) is 0 Å². The molecule has 1 aliphatic heterocycles. The first kappa shape index (κ1) is 17.7. The summed E-state index contributed by atoms with van der Waals surface area (Å²) in [6.45, 7) is 1.57. The summed E-state index contributed by atoms with van der Waals surface area (Å²) in [5, 5.41) is 9.42. The van der Waals surface area contributed by atoms with Gasteiger partial charge in [-0.15, -0.1) is 0 Å². The summed E-state index contributed by atoms with van der Waals surface area (Å²) < 4.78 is 0. The van der Waals surface area contributed by atoms with E-state index in [2.05, 4.69) is 53.4 Å². The minimum absolute atomic E-state index is 0.179. The van der Waals surface area contributed by atoms with Gasteiger partial charge in [0.1, 0.15) is 0 Å². The average molecular weight is 373 g/mol. The Hall–Kier alpha value is -2.39. The number of carboxylic acids is 1. The highest BCUT2D eigenvalue weighted by Crippen LogP contribution is 2.49. The highest BCUT2D eigenvalue weighted by atomic mass is 16.4. The average Bonchev–Trinajstić information content (AvgIpc) is 3.09. The molecule has 2 aliphatic carbocycles. The van der Waals surface area contributed by atoms with Crippen molar-refractivity contribution in [2.75, 3.05) is 13.1 Å².